The van der Waals surface area contributed by atoms with Crippen LogP contribution in [-0.2, 0) is 0 Å². The Balaban J connectivity index is 0.000000771. The number of nitrogens with zero attached hydrogens (tertiary/aromatic N) is 1. The summed E-state index contributed by atoms with van der Waals surface area (Å²) in [5.41, 5.74) is 2.40. The van der Waals surface area contributed by atoms with Gasteiger partial charge >= 0.3 is 0 Å². The molecule has 1 amide bonds. The SMILES string of the molecule is CC.Cc1ccc(C(=O)NC2CC(O)C2)nc1C. The summed E-state index contributed by atoms with van der Waals surface area (Å²) in [4.78, 5) is 16.0. The lowest BCUT2D eigenvalue weighted by atomic mass is 9.89. The van der Waals surface area contributed by atoms with Crippen molar-refractivity contribution in [3.63, 3.8) is 0 Å². The fourth-order valence-electron chi connectivity index (χ4n) is 1.72. The number of aliphatic hydroxyl groups excluding tert-OH is 1. The number of amides is 1. The average Bonchev–Trinajstić information content (AvgIpc) is 2.33. The summed E-state index contributed by atoms with van der Waals surface area (Å²) >= 11 is 0. The zero-order valence-electron chi connectivity index (χ0n) is 11.5. The van der Waals surface area contributed by atoms with Gasteiger partial charge in [0.15, 0.2) is 0 Å². The molecule has 1 aromatic rings. The van der Waals surface area contributed by atoms with Crippen LogP contribution in [0.5, 0.6) is 0 Å². The maximum atomic E-state index is 11.8. The summed E-state index contributed by atoms with van der Waals surface area (Å²) in [5.74, 6) is -0.153. The van der Waals surface area contributed by atoms with Crippen LogP contribution >= 0.6 is 0 Å². The number of rotatable bonds is 2. The monoisotopic (exact) mass is 250 g/mol. The molecule has 4 nitrogen and oxygen atoms in total. The maximum Gasteiger partial charge on any atom is 0.270 e. The van der Waals surface area contributed by atoms with E-state index in [-0.39, 0.29) is 18.1 Å². The number of nitrogens with one attached hydrogen (secondary N) is 1. The van der Waals surface area contributed by atoms with E-state index in [4.69, 9.17) is 5.11 Å². The van der Waals surface area contributed by atoms with Gasteiger partial charge in [0.05, 0.1) is 6.10 Å². The molecule has 0 radical (unpaired) electrons. The highest BCUT2D eigenvalue weighted by Crippen LogP contribution is 2.19. The van der Waals surface area contributed by atoms with Crippen LogP contribution in [0.15, 0.2) is 12.1 Å². The van der Waals surface area contributed by atoms with Crippen LogP contribution in [0.2, 0.25) is 0 Å². The first-order valence-electron chi connectivity index (χ1n) is 6.49. The zero-order chi connectivity index (χ0) is 13.7. The number of aliphatic hydroxyl groups is 1. The van der Waals surface area contributed by atoms with E-state index in [0.29, 0.717) is 18.5 Å². The lowest BCUT2D eigenvalue weighted by Gasteiger charge is -2.31. The van der Waals surface area contributed by atoms with Crippen LogP contribution in [0.1, 0.15) is 48.4 Å². The van der Waals surface area contributed by atoms with E-state index in [1.807, 2.05) is 33.8 Å². The van der Waals surface area contributed by atoms with Crippen LogP contribution in [-0.4, -0.2) is 28.1 Å². The molecule has 1 heterocycles. The van der Waals surface area contributed by atoms with Gasteiger partial charge < -0.3 is 10.4 Å². The third-order valence-corrected chi connectivity index (χ3v) is 3.03. The number of pyridine rings is 1. The third kappa shape index (κ3) is 3.53. The molecule has 0 saturated heterocycles. The molecule has 100 valence electrons. The van der Waals surface area contributed by atoms with Crippen LogP contribution in [0, 0.1) is 13.8 Å². The van der Waals surface area contributed by atoms with Crippen LogP contribution in [0.4, 0.5) is 0 Å². The minimum atomic E-state index is -0.252. The number of carbonyl (C=O) groups excluding carboxylic acids is 1. The highest BCUT2D eigenvalue weighted by Gasteiger charge is 2.28. The highest BCUT2D eigenvalue weighted by molar-refractivity contribution is 5.92. The molecule has 0 unspecified atom stereocenters. The van der Waals surface area contributed by atoms with E-state index in [2.05, 4.69) is 10.3 Å². The Hall–Kier alpha value is -1.42. The van der Waals surface area contributed by atoms with E-state index in [0.717, 1.165) is 11.3 Å². The van der Waals surface area contributed by atoms with E-state index in [1.165, 1.54) is 0 Å². The Bertz CT molecular complexity index is 412. The largest absolute Gasteiger partial charge is 0.393 e. The van der Waals surface area contributed by atoms with Gasteiger partial charge in [-0.3, -0.25) is 4.79 Å². The molecule has 1 aliphatic rings. The summed E-state index contributed by atoms with van der Waals surface area (Å²) in [5, 5.41) is 12.0. The molecule has 1 fully saturated rings. The molecule has 18 heavy (non-hydrogen) atoms. The molecule has 4 heteroatoms. The second-order valence-electron chi connectivity index (χ2n) is 4.39. The molecule has 0 spiro atoms. The summed E-state index contributed by atoms with van der Waals surface area (Å²) in [7, 11) is 0. The summed E-state index contributed by atoms with van der Waals surface area (Å²) in [6.45, 7) is 7.85. The van der Waals surface area contributed by atoms with Crippen LogP contribution < -0.4 is 5.32 Å². The van der Waals surface area contributed by atoms with E-state index in [9.17, 15) is 4.79 Å². The summed E-state index contributed by atoms with van der Waals surface area (Å²) < 4.78 is 0. The molecular weight excluding hydrogens is 228 g/mol. The predicted octanol–water partition coefficient (Wildman–Crippen LogP) is 1.98. The maximum absolute atomic E-state index is 11.8. The van der Waals surface area contributed by atoms with Crippen molar-refractivity contribution in [1.82, 2.24) is 10.3 Å². The van der Waals surface area contributed by atoms with Crippen molar-refractivity contribution in [3.05, 3.63) is 29.1 Å². The number of carbonyl (C=O) groups is 1. The second kappa shape index (κ2) is 6.50. The Morgan fingerprint density at radius 1 is 1.33 bits per heavy atom. The molecule has 1 aromatic heterocycles. The molecule has 0 aliphatic heterocycles. The van der Waals surface area contributed by atoms with Crippen molar-refractivity contribution in [1.29, 1.82) is 0 Å². The van der Waals surface area contributed by atoms with Gasteiger partial charge in [-0.15, -0.1) is 0 Å². The normalized spacial score (nSPS) is 21.4. The molecular formula is C14H22N2O2. The second-order valence-corrected chi connectivity index (χ2v) is 4.39. The molecule has 2 N–H and O–H groups in total. The lowest BCUT2D eigenvalue weighted by molar-refractivity contribution is 0.0560. The van der Waals surface area contributed by atoms with Crippen molar-refractivity contribution in [2.45, 2.75) is 52.7 Å². The van der Waals surface area contributed by atoms with Gasteiger partial charge in [0.2, 0.25) is 0 Å². The Morgan fingerprint density at radius 3 is 2.44 bits per heavy atom. The first-order chi connectivity index (χ1) is 8.56. The highest BCUT2D eigenvalue weighted by atomic mass is 16.3. The van der Waals surface area contributed by atoms with Gasteiger partial charge in [0.1, 0.15) is 5.69 Å². The van der Waals surface area contributed by atoms with Gasteiger partial charge in [-0.1, -0.05) is 19.9 Å². The molecule has 0 bridgehead atoms. The number of aryl methyl sites for hydroxylation is 2. The fourth-order valence-corrected chi connectivity index (χ4v) is 1.72. The van der Waals surface area contributed by atoms with Crippen LogP contribution in [0.25, 0.3) is 0 Å². The summed E-state index contributed by atoms with van der Waals surface area (Å²) in [6.07, 6.45) is 1.05. The van der Waals surface area contributed by atoms with Crippen LogP contribution in [0.3, 0.4) is 0 Å². The molecule has 0 aromatic carbocycles. The smallest absolute Gasteiger partial charge is 0.270 e. The average molecular weight is 250 g/mol. The number of aromatic nitrogens is 1. The standard InChI is InChI=1S/C12H16N2O2.C2H6/c1-7-3-4-11(13-8(7)2)12(16)14-9-5-10(15)6-9;1-2/h3-4,9-10,15H,5-6H2,1-2H3,(H,14,16);1-2H3. The van der Waals surface area contributed by atoms with Crippen molar-refractivity contribution in [2.24, 2.45) is 0 Å². The topological polar surface area (TPSA) is 62.2 Å². The number of hydrogen-bond acceptors (Lipinski definition) is 3. The first-order valence-corrected chi connectivity index (χ1v) is 6.49. The van der Waals surface area contributed by atoms with Crippen molar-refractivity contribution < 1.29 is 9.90 Å². The quantitative estimate of drug-likeness (QED) is 0.843. The Labute approximate surface area is 108 Å². The molecule has 1 aliphatic carbocycles. The van der Waals surface area contributed by atoms with Gasteiger partial charge in [-0.05, 0) is 38.3 Å². The molecule has 1 saturated carbocycles. The lowest BCUT2D eigenvalue weighted by Crippen LogP contribution is -2.46. The van der Waals surface area contributed by atoms with Gasteiger partial charge in [0, 0.05) is 11.7 Å². The zero-order valence-corrected chi connectivity index (χ0v) is 11.5. The predicted molar refractivity (Wildman–Crippen MR) is 71.6 cm³/mol. The van der Waals surface area contributed by atoms with Crippen molar-refractivity contribution in [2.75, 3.05) is 0 Å². The minimum Gasteiger partial charge on any atom is -0.393 e. The van der Waals surface area contributed by atoms with Crippen molar-refractivity contribution in [3.8, 4) is 0 Å². The van der Waals surface area contributed by atoms with Gasteiger partial charge in [-0.25, -0.2) is 4.98 Å². The summed E-state index contributed by atoms with van der Waals surface area (Å²) in [6, 6.07) is 3.73. The first kappa shape index (κ1) is 14.6. The Kier molecular flexibility index (Phi) is 5.28. The van der Waals surface area contributed by atoms with Gasteiger partial charge in [0.25, 0.3) is 5.91 Å². The fraction of sp³-hybridized carbons (Fsp3) is 0.571. The van der Waals surface area contributed by atoms with E-state index < -0.39 is 0 Å². The minimum absolute atomic E-state index is 0.103. The van der Waals surface area contributed by atoms with Crippen molar-refractivity contribution >= 4 is 5.91 Å². The molecule has 0 atom stereocenters. The van der Waals surface area contributed by atoms with E-state index in [1.54, 1.807) is 6.07 Å². The third-order valence-electron chi connectivity index (χ3n) is 3.03. The number of hydrogen-bond donors (Lipinski definition) is 2. The molecule has 2 rings (SSSR count). The van der Waals surface area contributed by atoms with E-state index >= 15 is 0 Å². The Morgan fingerprint density at radius 2 is 1.94 bits per heavy atom. The van der Waals surface area contributed by atoms with Gasteiger partial charge in [-0.2, -0.15) is 0 Å².